The van der Waals surface area contributed by atoms with Crippen LogP contribution in [0.5, 0.6) is 0 Å². The topological polar surface area (TPSA) is 77.1 Å². The highest BCUT2D eigenvalue weighted by Gasteiger charge is 2.21. The van der Waals surface area contributed by atoms with E-state index >= 15 is 0 Å². The normalized spacial score (nSPS) is 12.8. The monoisotopic (exact) mass is 348 g/mol. The molecule has 1 aromatic carbocycles. The van der Waals surface area contributed by atoms with Gasteiger partial charge in [-0.2, -0.15) is 5.10 Å². The summed E-state index contributed by atoms with van der Waals surface area (Å²) in [5.74, 6) is 0.585. The van der Waals surface area contributed by atoms with E-state index in [9.17, 15) is 4.79 Å². The molecular weight excluding hydrogens is 328 g/mol. The Morgan fingerprint density at radius 2 is 1.96 bits per heavy atom. The van der Waals surface area contributed by atoms with Crippen molar-refractivity contribution in [3.8, 4) is 0 Å². The van der Waals surface area contributed by atoms with Gasteiger partial charge in [0.05, 0.1) is 17.1 Å². The Labute approximate surface area is 150 Å². The fourth-order valence-electron chi connectivity index (χ4n) is 3.19. The minimum Gasteiger partial charge on any atom is -0.341 e. The SMILES string of the molecule is CC(C)n1c([C@H](C)NC(=O)c2cc3ncccn3n2)nc2ccccc21. The number of carbonyl (C=O) groups is 1. The van der Waals surface area contributed by atoms with Crippen LogP contribution >= 0.6 is 0 Å². The Morgan fingerprint density at radius 3 is 2.73 bits per heavy atom. The second-order valence-electron chi connectivity index (χ2n) is 6.57. The van der Waals surface area contributed by atoms with Crippen LogP contribution in [0.4, 0.5) is 0 Å². The van der Waals surface area contributed by atoms with Crippen molar-refractivity contribution in [1.82, 2.24) is 29.5 Å². The number of nitrogens with zero attached hydrogens (tertiary/aromatic N) is 5. The van der Waals surface area contributed by atoms with Crippen molar-refractivity contribution in [2.45, 2.75) is 32.9 Å². The zero-order valence-corrected chi connectivity index (χ0v) is 14.9. The van der Waals surface area contributed by atoms with Crippen molar-refractivity contribution in [3.05, 3.63) is 60.3 Å². The molecule has 3 aromatic heterocycles. The molecule has 0 spiro atoms. The zero-order chi connectivity index (χ0) is 18.3. The van der Waals surface area contributed by atoms with E-state index in [1.165, 1.54) is 0 Å². The molecule has 0 bridgehead atoms. The smallest absolute Gasteiger partial charge is 0.272 e. The molecule has 0 aliphatic carbocycles. The first-order valence-corrected chi connectivity index (χ1v) is 8.62. The van der Waals surface area contributed by atoms with Gasteiger partial charge in [0.15, 0.2) is 11.3 Å². The van der Waals surface area contributed by atoms with Crippen LogP contribution in [0.3, 0.4) is 0 Å². The number of nitrogens with one attached hydrogen (secondary N) is 1. The summed E-state index contributed by atoms with van der Waals surface area (Å²) >= 11 is 0. The van der Waals surface area contributed by atoms with Crippen molar-refractivity contribution in [2.24, 2.45) is 0 Å². The highest BCUT2D eigenvalue weighted by atomic mass is 16.2. The lowest BCUT2D eigenvalue weighted by Gasteiger charge is -2.18. The average molecular weight is 348 g/mol. The Kier molecular flexibility index (Phi) is 3.91. The lowest BCUT2D eigenvalue weighted by atomic mass is 10.2. The molecule has 7 nitrogen and oxygen atoms in total. The maximum absolute atomic E-state index is 12.6. The Bertz CT molecular complexity index is 1060. The predicted octanol–water partition coefficient (Wildman–Crippen LogP) is 3.15. The molecule has 1 atom stereocenters. The molecule has 0 saturated carbocycles. The second-order valence-corrected chi connectivity index (χ2v) is 6.57. The summed E-state index contributed by atoms with van der Waals surface area (Å²) in [7, 11) is 0. The molecule has 0 aliphatic rings. The molecule has 4 rings (SSSR count). The molecule has 7 heteroatoms. The van der Waals surface area contributed by atoms with Crippen LogP contribution in [0.1, 0.15) is 49.2 Å². The fourth-order valence-corrected chi connectivity index (χ4v) is 3.19. The van der Waals surface area contributed by atoms with Gasteiger partial charge >= 0.3 is 0 Å². The molecule has 132 valence electrons. The number of aromatic nitrogens is 5. The molecular formula is C19H20N6O. The third kappa shape index (κ3) is 2.71. The highest BCUT2D eigenvalue weighted by Crippen LogP contribution is 2.25. The van der Waals surface area contributed by atoms with Crippen molar-refractivity contribution in [2.75, 3.05) is 0 Å². The van der Waals surface area contributed by atoms with Gasteiger partial charge in [-0.05, 0) is 39.0 Å². The van der Waals surface area contributed by atoms with E-state index in [0.717, 1.165) is 16.9 Å². The van der Waals surface area contributed by atoms with E-state index in [1.807, 2.05) is 31.2 Å². The molecule has 0 unspecified atom stereocenters. The molecule has 0 aliphatic heterocycles. The largest absolute Gasteiger partial charge is 0.341 e. The molecule has 3 heterocycles. The molecule has 1 N–H and O–H groups in total. The number of amides is 1. The molecule has 0 saturated heterocycles. The number of carbonyl (C=O) groups excluding carboxylic acids is 1. The van der Waals surface area contributed by atoms with Gasteiger partial charge in [0.1, 0.15) is 5.82 Å². The number of para-hydroxylation sites is 2. The predicted molar refractivity (Wildman–Crippen MR) is 99.0 cm³/mol. The van der Waals surface area contributed by atoms with Crippen LogP contribution in [-0.4, -0.2) is 30.1 Å². The van der Waals surface area contributed by atoms with Crippen molar-refractivity contribution in [3.63, 3.8) is 0 Å². The van der Waals surface area contributed by atoms with Gasteiger partial charge in [-0.1, -0.05) is 12.1 Å². The van der Waals surface area contributed by atoms with Crippen LogP contribution in [0.25, 0.3) is 16.7 Å². The molecule has 0 fully saturated rings. The lowest BCUT2D eigenvalue weighted by Crippen LogP contribution is -2.29. The van der Waals surface area contributed by atoms with Gasteiger partial charge in [-0.3, -0.25) is 4.79 Å². The Hall–Kier alpha value is -3.22. The summed E-state index contributed by atoms with van der Waals surface area (Å²) in [6, 6.07) is 11.4. The number of fused-ring (bicyclic) bond motifs is 2. The average Bonchev–Trinajstić information content (AvgIpc) is 3.23. The maximum atomic E-state index is 12.6. The minimum atomic E-state index is -0.255. The summed E-state index contributed by atoms with van der Waals surface area (Å²) in [5, 5.41) is 7.28. The summed E-state index contributed by atoms with van der Waals surface area (Å²) in [4.78, 5) is 21.6. The van der Waals surface area contributed by atoms with Crippen LogP contribution < -0.4 is 5.32 Å². The van der Waals surface area contributed by atoms with Crippen molar-refractivity contribution in [1.29, 1.82) is 0 Å². The Morgan fingerprint density at radius 1 is 1.15 bits per heavy atom. The van der Waals surface area contributed by atoms with Crippen molar-refractivity contribution >= 4 is 22.6 Å². The van der Waals surface area contributed by atoms with Gasteiger partial charge in [-0.25, -0.2) is 14.5 Å². The standard InChI is InChI=1S/C19H20N6O/c1-12(2)25-16-8-5-4-7-14(16)22-18(25)13(3)21-19(26)15-11-17-20-9-6-10-24(17)23-15/h4-13H,1-3H3,(H,21,26)/t13-/m0/s1. The molecule has 4 aromatic rings. The van der Waals surface area contributed by atoms with Crippen molar-refractivity contribution < 1.29 is 4.79 Å². The van der Waals surface area contributed by atoms with E-state index < -0.39 is 0 Å². The summed E-state index contributed by atoms with van der Waals surface area (Å²) in [5.41, 5.74) is 2.97. The summed E-state index contributed by atoms with van der Waals surface area (Å²) < 4.78 is 3.74. The van der Waals surface area contributed by atoms with Gasteiger partial charge in [0, 0.05) is 24.5 Å². The van der Waals surface area contributed by atoms with Gasteiger partial charge < -0.3 is 9.88 Å². The van der Waals surface area contributed by atoms with E-state index in [1.54, 1.807) is 29.0 Å². The molecule has 26 heavy (non-hydrogen) atoms. The van der Waals surface area contributed by atoms with E-state index in [4.69, 9.17) is 4.98 Å². The first kappa shape index (κ1) is 16.3. The van der Waals surface area contributed by atoms with E-state index in [-0.39, 0.29) is 18.0 Å². The maximum Gasteiger partial charge on any atom is 0.272 e. The number of hydrogen-bond acceptors (Lipinski definition) is 4. The minimum absolute atomic E-state index is 0.233. The van der Waals surface area contributed by atoms with Crippen LogP contribution in [0.2, 0.25) is 0 Å². The second kappa shape index (κ2) is 6.25. The number of hydrogen-bond donors (Lipinski definition) is 1. The first-order chi connectivity index (χ1) is 12.5. The fraction of sp³-hybridized carbons (Fsp3) is 0.263. The summed E-state index contributed by atoms with van der Waals surface area (Å²) in [6.07, 6.45) is 3.44. The lowest BCUT2D eigenvalue weighted by molar-refractivity contribution is 0.0932. The van der Waals surface area contributed by atoms with Gasteiger partial charge in [0.25, 0.3) is 5.91 Å². The van der Waals surface area contributed by atoms with Crippen LogP contribution in [0, 0.1) is 0 Å². The third-order valence-corrected chi connectivity index (χ3v) is 4.34. The van der Waals surface area contributed by atoms with Gasteiger partial charge in [-0.15, -0.1) is 0 Å². The third-order valence-electron chi connectivity index (χ3n) is 4.34. The van der Waals surface area contributed by atoms with E-state index in [0.29, 0.717) is 11.3 Å². The highest BCUT2D eigenvalue weighted by molar-refractivity contribution is 5.93. The van der Waals surface area contributed by atoms with Gasteiger partial charge in [0.2, 0.25) is 0 Å². The number of imidazole rings is 1. The van der Waals surface area contributed by atoms with Crippen LogP contribution in [-0.2, 0) is 0 Å². The first-order valence-electron chi connectivity index (χ1n) is 8.62. The van der Waals surface area contributed by atoms with E-state index in [2.05, 4.69) is 33.8 Å². The number of benzene rings is 1. The quantitative estimate of drug-likeness (QED) is 0.614. The molecule has 0 radical (unpaired) electrons. The zero-order valence-electron chi connectivity index (χ0n) is 14.9. The summed E-state index contributed by atoms with van der Waals surface area (Å²) in [6.45, 7) is 6.16. The number of rotatable bonds is 4. The van der Waals surface area contributed by atoms with Crippen LogP contribution in [0.15, 0.2) is 48.8 Å². The molecule has 1 amide bonds. The Balaban J connectivity index is 1.65.